The standard InChI is InChI=1S/C14H21NO/c1-12-7-3-4-8-13(12)15-11-14(16)9-5-2-6-10-14/h3-4,7-8,15-16H,2,5-6,9-11H2,1H3. The van der Waals surface area contributed by atoms with Crippen LogP contribution in [0.25, 0.3) is 0 Å². The molecule has 0 atom stereocenters. The number of rotatable bonds is 3. The lowest BCUT2D eigenvalue weighted by Crippen LogP contribution is -2.38. The van der Waals surface area contributed by atoms with Crippen LogP contribution in [0.15, 0.2) is 24.3 Å². The number of aryl methyl sites for hydroxylation is 1. The van der Waals surface area contributed by atoms with Gasteiger partial charge in [0, 0.05) is 12.2 Å². The Hall–Kier alpha value is -1.02. The van der Waals surface area contributed by atoms with Gasteiger partial charge in [-0.25, -0.2) is 0 Å². The van der Waals surface area contributed by atoms with Gasteiger partial charge >= 0.3 is 0 Å². The van der Waals surface area contributed by atoms with Crippen molar-refractivity contribution in [2.75, 3.05) is 11.9 Å². The van der Waals surface area contributed by atoms with Crippen molar-refractivity contribution >= 4 is 5.69 Å². The molecule has 0 radical (unpaired) electrons. The highest BCUT2D eigenvalue weighted by molar-refractivity contribution is 5.50. The first-order valence-electron chi connectivity index (χ1n) is 6.22. The quantitative estimate of drug-likeness (QED) is 0.818. The van der Waals surface area contributed by atoms with Crippen LogP contribution < -0.4 is 5.32 Å². The third-order valence-corrected chi connectivity index (χ3v) is 3.54. The first kappa shape index (κ1) is 11.5. The molecule has 0 aliphatic heterocycles. The van der Waals surface area contributed by atoms with Gasteiger partial charge < -0.3 is 10.4 Å². The summed E-state index contributed by atoms with van der Waals surface area (Å²) in [6.07, 6.45) is 5.46. The molecule has 2 nitrogen and oxygen atoms in total. The first-order valence-corrected chi connectivity index (χ1v) is 6.22. The first-order chi connectivity index (χ1) is 7.70. The average molecular weight is 219 g/mol. The minimum absolute atomic E-state index is 0.486. The molecule has 0 amide bonds. The van der Waals surface area contributed by atoms with Gasteiger partial charge in [0.15, 0.2) is 0 Å². The van der Waals surface area contributed by atoms with E-state index in [1.165, 1.54) is 12.0 Å². The molecule has 88 valence electrons. The molecule has 1 saturated carbocycles. The summed E-state index contributed by atoms with van der Waals surface area (Å²) in [6, 6.07) is 8.23. The molecular weight excluding hydrogens is 198 g/mol. The lowest BCUT2D eigenvalue weighted by molar-refractivity contribution is 0.0167. The van der Waals surface area contributed by atoms with Crippen molar-refractivity contribution < 1.29 is 5.11 Å². The lowest BCUT2D eigenvalue weighted by Gasteiger charge is -2.32. The average Bonchev–Trinajstić information content (AvgIpc) is 2.29. The summed E-state index contributed by atoms with van der Waals surface area (Å²) in [5, 5.41) is 13.7. The predicted octanol–water partition coefficient (Wildman–Crippen LogP) is 3.10. The number of aliphatic hydroxyl groups is 1. The van der Waals surface area contributed by atoms with Crippen molar-refractivity contribution in [2.24, 2.45) is 0 Å². The molecule has 0 spiro atoms. The number of hydrogen-bond acceptors (Lipinski definition) is 2. The highest BCUT2D eigenvalue weighted by Gasteiger charge is 2.28. The van der Waals surface area contributed by atoms with Crippen molar-refractivity contribution in [3.8, 4) is 0 Å². The van der Waals surface area contributed by atoms with Gasteiger partial charge in [-0.1, -0.05) is 37.5 Å². The fourth-order valence-corrected chi connectivity index (χ4v) is 2.42. The van der Waals surface area contributed by atoms with E-state index in [0.29, 0.717) is 6.54 Å². The van der Waals surface area contributed by atoms with Crippen LogP contribution in [0.2, 0.25) is 0 Å². The second kappa shape index (κ2) is 4.88. The van der Waals surface area contributed by atoms with Gasteiger partial charge in [-0.3, -0.25) is 0 Å². The number of hydrogen-bond donors (Lipinski definition) is 2. The van der Waals surface area contributed by atoms with E-state index >= 15 is 0 Å². The summed E-state index contributed by atoms with van der Waals surface area (Å²) in [5.74, 6) is 0. The molecular formula is C14H21NO. The van der Waals surface area contributed by atoms with Gasteiger partial charge in [-0.15, -0.1) is 0 Å². The van der Waals surface area contributed by atoms with Crippen molar-refractivity contribution in [2.45, 2.75) is 44.6 Å². The summed E-state index contributed by atoms with van der Waals surface area (Å²) in [6.45, 7) is 2.77. The van der Waals surface area contributed by atoms with Crippen LogP contribution in [0.4, 0.5) is 5.69 Å². The molecule has 0 heterocycles. The monoisotopic (exact) mass is 219 g/mol. The Bertz CT molecular complexity index is 342. The zero-order chi connectivity index (χ0) is 11.4. The minimum Gasteiger partial charge on any atom is -0.388 e. The molecule has 2 heteroatoms. The minimum atomic E-state index is -0.486. The van der Waals surface area contributed by atoms with Gasteiger partial charge in [0.25, 0.3) is 0 Å². The topological polar surface area (TPSA) is 32.3 Å². The van der Waals surface area contributed by atoms with Crippen molar-refractivity contribution in [3.05, 3.63) is 29.8 Å². The Labute approximate surface area is 97.7 Å². The second-order valence-corrected chi connectivity index (χ2v) is 4.95. The lowest BCUT2D eigenvalue weighted by atomic mass is 9.85. The number of benzene rings is 1. The summed E-state index contributed by atoms with van der Waals surface area (Å²) in [4.78, 5) is 0. The maximum atomic E-state index is 10.4. The van der Waals surface area contributed by atoms with Crippen LogP contribution in [-0.2, 0) is 0 Å². The van der Waals surface area contributed by atoms with Crippen molar-refractivity contribution in [1.82, 2.24) is 0 Å². The predicted molar refractivity (Wildman–Crippen MR) is 67.7 cm³/mol. The summed E-state index contributed by atoms with van der Waals surface area (Å²) in [7, 11) is 0. The Kier molecular flexibility index (Phi) is 3.49. The zero-order valence-electron chi connectivity index (χ0n) is 10.00. The zero-order valence-corrected chi connectivity index (χ0v) is 10.00. The Morgan fingerprint density at radius 2 is 1.88 bits per heavy atom. The van der Waals surface area contributed by atoms with Crippen molar-refractivity contribution in [3.63, 3.8) is 0 Å². The van der Waals surface area contributed by atoms with Gasteiger partial charge in [-0.05, 0) is 31.4 Å². The summed E-state index contributed by atoms with van der Waals surface area (Å²) in [5.41, 5.74) is 1.89. The fraction of sp³-hybridized carbons (Fsp3) is 0.571. The van der Waals surface area contributed by atoms with E-state index < -0.39 is 5.60 Å². The van der Waals surface area contributed by atoms with E-state index in [0.717, 1.165) is 31.4 Å². The van der Waals surface area contributed by atoms with Crippen molar-refractivity contribution in [1.29, 1.82) is 0 Å². The molecule has 1 aliphatic carbocycles. The van der Waals surface area contributed by atoms with E-state index in [-0.39, 0.29) is 0 Å². The highest BCUT2D eigenvalue weighted by atomic mass is 16.3. The molecule has 1 aromatic carbocycles. The van der Waals surface area contributed by atoms with E-state index in [9.17, 15) is 5.11 Å². The van der Waals surface area contributed by atoms with Gasteiger partial charge in [0.2, 0.25) is 0 Å². The van der Waals surface area contributed by atoms with E-state index in [2.05, 4.69) is 24.4 Å². The maximum absolute atomic E-state index is 10.4. The molecule has 0 saturated heterocycles. The van der Waals surface area contributed by atoms with Crippen LogP contribution in [0.1, 0.15) is 37.7 Å². The highest BCUT2D eigenvalue weighted by Crippen LogP contribution is 2.28. The molecule has 1 aliphatic rings. The van der Waals surface area contributed by atoms with Crippen LogP contribution in [0, 0.1) is 6.92 Å². The van der Waals surface area contributed by atoms with E-state index in [4.69, 9.17) is 0 Å². The molecule has 0 aromatic heterocycles. The third kappa shape index (κ3) is 2.76. The van der Waals surface area contributed by atoms with Crippen LogP contribution in [0.3, 0.4) is 0 Å². The van der Waals surface area contributed by atoms with Crippen LogP contribution >= 0.6 is 0 Å². The Morgan fingerprint density at radius 1 is 1.19 bits per heavy atom. The number of para-hydroxylation sites is 1. The normalized spacial score (nSPS) is 19.4. The Morgan fingerprint density at radius 3 is 2.56 bits per heavy atom. The summed E-state index contributed by atoms with van der Waals surface area (Å²) < 4.78 is 0. The largest absolute Gasteiger partial charge is 0.388 e. The molecule has 1 fully saturated rings. The molecule has 0 unspecified atom stereocenters. The van der Waals surface area contributed by atoms with Crippen LogP contribution in [-0.4, -0.2) is 17.3 Å². The molecule has 2 rings (SSSR count). The molecule has 0 bridgehead atoms. The number of anilines is 1. The van der Waals surface area contributed by atoms with E-state index in [1.54, 1.807) is 0 Å². The van der Waals surface area contributed by atoms with Gasteiger partial charge in [0.05, 0.1) is 5.60 Å². The summed E-state index contributed by atoms with van der Waals surface area (Å²) >= 11 is 0. The fourth-order valence-electron chi connectivity index (χ4n) is 2.42. The smallest absolute Gasteiger partial charge is 0.0819 e. The Balaban J connectivity index is 1.94. The van der Waals surface area contributed by atoms with E-state index in [1.807, 2.05) is 12.1 Å². The SMILES string of the molecule is Cc1ccccc1NCC1(O)CCCCC1. The number of nitrogens with one attached hydrogen (secondary N) is 1. The van der Waals surface area contributed by atoms with Gasteiger partial charge in [-0.2, -0.15) is 0 Å². The molecule has 1 aromatic rings. The molecule has 16 heavy (non-hydrogen) atoms. The molecule has 2 N–H and O–H groups in total. The second-order valence-electron chi connectivity index (χ2n) is 4.95. The maximum Gasteiger partial charge on any atom is 0.0819 e. The third-order valence-electron chi connectivity index (χ3n) is 3.54. The van der Waals surface area contributed by atoms with Gasteiger partial charge in [0.1, 0.15) is 0 Å². The van der Waals surface area contributed by atoms with Crippen LogP contribution in [0.5, 0.6) is 0 Å².